The highest BCUT2D eigenvalue weighted by atomic mass is 16.5. The average molecular weight is 455 g/mol. The van der Waals surface area contributed by atoms with Crippen LogP contribution in [0.3, 0.4) is 0 Å². The maximum atomic E-state index is 13.5. The summed E-state index contributed by atoms with van der Waals surface area (Å²) in [5.41, 5.74) is 0.987. The molecule has 0 bridgehead atoms. The second-order valence-electron chi connectivity index (χ2n) is 7.80. The molecule has 3 aromatic carbocycles. The highest BCUT2D eigenvalue weighted by Gasteiger charge is 2.21. The van der Waals surface area contributed by atoms with Gasteiger partial charge in [0.1, 0.15) is 23.4 Å². The van der Waals surface area contributed by atoms with Crippen LogP contribution in [-0.4, -0.2) is 22.2 Å². The Balaban J connectivity index is 1.63. The summed E-state index contributed by atoms with van der Waals surface area (Å²) in [5.74, 6) is 0.168. The summed E-state index contributed by atoms with van der Waals surface area (Å²) < 4.78 is 13.4. The van der Waals surface area contributed by atoms with Gasteiger partial charge in [0.15, 0.2) is 0 Å². The van der Waals surface area contributed by atoms with Gasteiger partial charge >= 0.3 is 5.69 Å². The zero-order valence-corrected chi connectivity index (χ0v) is 18.4. The molecule has 0 radical (unpaired) electrons. The SMILES string of the molecule is COc1cccc(NC(=O)Cn2c(=O)n(Cc3ccccc3)c(=O)c3oc4ccccc4c32)c1. The van der Waals surface area contributed by atoms with E-state index in [9.17, 15) is 14.4 Å². The minimum Gasteiger partial charge on any atom is -0.497 e. The molecule has 1 amide bonds. The lowest BCUT2D eigenvalue weighted by molar-refractivity contribution is -0.116. The smallest absolute Gasteiger partial charge is 0.332 e. The number of carbonyl (C=O) groups excluding carboxylic acids is 1. The number of anilines is 1. The fraction of sp³-hybridized carbons (Fsp3) is 0.115. The van der Waals surface area contributed by atoms with Crippen LogP contribution in [0.5, 0.6) is 5.75 Å². The molecule has 34 heavy (non-hydrogen) atoms. The molecular formula is C26H21N3O5. The van der Waals surface area contributed by atoms with Crippen LogP contribution in [0.1, 0.15) is 5.56 Å². The molecule has 0 saturated carbocycles. The zero-order chi connectivity index (χ0) is 23.7. The Bertz CT molecular complexity index is 1630. The first-order valence-corrected chi connectivity index (χ1v) is 10.7. The van der Waals surface area contributed by atoms with Gasteiger partial charge < -0.3 is 14.5 Å². The van der Waals surface area contributed by atoms with Gasteiger partial charge in [-0.15, -0.1) is 0 Å². The number of hydrogen-bond acceptors (Lipinski definition) is 5. The van der Waals surface area contributed by atoms with Crippen LogP contribution < -0.4 is 21.3 Å². The lowest BCUT2D eigenvalue weighted by atomic mass is 10.2. The number of carbonyl (C=O) groups is 1. The van der Waals surface area contributed by atoms with Crippen molar-refractivity contribution in [1.82, 2.24) is 9.13 Å². The van der Waals surface area contributed by atoms with Crippen molar-refractivity contribution in [1.29, 1.82) is 0 Å². The number of ether oxygens (including phenoxy) is 1. The largest absolute Gasteiger partial charge is 0.497 e. The lowest BCUT2D eigenvalue weighted by Gasteiger charge is -2.13. The second-order valence-corrected chi connectivity index (χ2v) is 7.80. The van der Waals surface area contributed by atoms with Crippen LogP contribution in [0.4, 0.5) is 5.69 Å². The van der Waals surface area contributed by atoms with E-state index in [1.165, 1.54) is 11.7 Å². The van der Waals surface area contributed by atoms with Crippen LogP contribution in [0.15, 0.2) is 92.9 Å². The summed E-state index contributed by atoms with van der Waals surface area (Å²) in [6.45, 7) is -0.242. The summed E-state index contributed by atoms with van der Waals surface area (Å²) in [7, 11) is 1.54. The molecule has 0 saturated heterocycles. The summed E-state index contributed by atoms with van der Waals surface area (Å²) in [5, 5.41) is 3.37. The number of methoxy groups -OCH3 is 1. The predicted molar refractivity (Wildman–Crippen MR) is 129 cm³/mol. The number of rotatable bonds is 6. The third-order valence-electron chi connectivity index (χ3n) is 5.58. The van der Waals surface area contributed by atoms with E-state index in [0.717, 1.165) is 10.1 Å². The van der Waals surface area contributed by atoms with Crippen LogP contribution in [-0.2, 0) is 17.9 Å². The Kier molecular flexibility index (Phi) is 5.47. The number of benzene rings is 3. The molecule has 1 N–H and O–H groups in total. The third-order valence-corrected chi connectivity index (χ3v) is 5.58. The van der Waals surface area contributed by atoms with Crippen molar-refractivity contribution in [2.45, 2.75) is 13.1 Å². The first-order valence-electron chi connectivity index (χ1n) is 10.7. The van der Waals surface area contributed by atoms with E-state index in [-0.39, 0.29) is 18.7 Å². The third kappa shape index (κ3) is 3.86. The summed E-state index contributed by atoms with van der Waals surface area (Å²) >= 11 is 0. The zero-order valence-electron chi connectivity index (χ0n) is 18.4. The summed E-state index contributed by atoms with van der Waals surface area (Å²) in [6.07, 6.45) is 0. The van der Waals surface area contributed by atoms with Crippen molar-refractivity contribution in [3.05, 3.63) is 105 Å². The predicted octanol–water partition coefficient (Wildman–Crippen LogP) is 3.61. The highest BCUT2D eigenvalue weighted by molar-refractivity contribution is 6.03. The Morgan fingerprint density at radius 1 is 0.941 bits per heavy atom. The second kappa shape index (κ2) is 8.74. The maximum absolute atomic E-state index is 13.5. The number of nitrogens with zero attached hydrogens (tertiary/aromatic N) is 2. The first-order chi connectivity index (χ1) is 16.5. The van der Waals surface area contributed by atoms with Crippen molar-refractivity contribution < 1.29 is 13.9 Å². The molecule has 0 aliphatic rings. The van der Waals surface area contributed by atoms with Gasteiger partial charge in [-0.1, -0.05) is 48.5 Å². The van der Waals surface area contributed by atoms with E-state index in [1.54, 1.807) is 48.5 Å². The molecule has 0 aliphatic heterocycles. The summed E-state index contributed by atoms with van der Waals surface area (Å²) in [6, 6.07) is 23.2. The van der Waals surface area contributed by atoms with Crippen molar-refractivity contribution in [2.24, 2.45) is 0 Å². The van der Waals surface area contributed by atoms with Gasteiger partial charge in [0.2, 0.25) is 11.5 Å². The van der Waals surface area contributed by atoms with E-state index in [1.807, 2.05) is 30.3 Å². The highest BCUT2D eigenvalue weighted by Crippen LogP contribution is 2.25. The van der Waals surface area contributed by atoms with E-state index in [2.05, 4.69) is 5.32 Å². The average Bonchev–Trinajstić information content (AvgIpc) is 3.25. The summed E-state index contributed by atoms with van der Waals surface area (Å²) in [4.78, 5) is 39.7. The number of fused-ring (bicyclic) bond motifs is 3. The molecule has 0 fully saturated rings. The van der Waals surface area contributed by atoms with Gasteiger partial charge in [-0.2, -0.15) is 0 Å². The van der Waals surface area contributed by atoms with Crippen molar-refractivity contribution in [3.8, 4) is 5.75 Å². The fourth-order valence-corrected chi connectivity index (χ4v) is 3.99. The van der Waals surface area contributed by atoms with Gasteiger partial charge in [-0.05, 0) is 29.8 Å². The minimum absolute atomic E-state index is 0.0333. The van der Waals surface area contributed by atoms with Gasteiger partial charge in [0.05, 0.1) is 13.7 Å². The monoisotopic (exact) mass is 455 g/mol. The molecule has 8 heteroatoms. The minimum atomic E-state index is -0.589. The number of nitrogens with one attached hydrogen (secondary N) is 1. The van der Waals surface area contributed by atoms with Gasteiger partial charge in [-0.3, -0.25) is 18.7 Å². The molecule has 2 aromatic heterocycles. The Morgan fingerprint density at radius 2 is 1.71 bits per heavy atom. The number of furan rings is 1. The Labute approximate surface area is 193 Å². The maximum Gasteiger partial charge on any atom is 0.332 e. The van der Waals surface area contributed by atoms with Crippen LogP contribution in [0.2, 0.25) is 0 Å². The van der Waals surface area contributed by atoms with Gasteiger partial charge in [0, 0.05) is 17.1 Å². The molecule has 0 unspecified atom stereocenters. The molecule has 5 rings (SSSR count). The molecule has 0 aliphatic carbocycles. The Hall–Kier alpha value is -4.59. The van der Waals surface area contributed by atoms with Gasteiger partial charge in [0.25, 0.3) is 5.56 Å². The molecule has 0 atom stereocenters. The standard InChI is InChI=1S/C26H21N3O5/c1-33-19-11-7-10-18(14-19)27-22(30)16-28-23-20-12-5-6-13-21(20)34-24(23)25(31)29(26(28)32)15-17-8-3-2-4-9-17/h2-14H,15-16H2,1H3,(H,27,30). The normalized spacial score (nSPS) is 11.1. The number of aromatic nitrogens is 2. The number of hydrogen-bond donors (Lipinski definition) is 1. The van der Waals surface area contributed by atoms with Gasteiger partial charge in [-0.25, -0.2) is 4.79 Å². The molecule has 0 spiro atoms. The quantitative estimate of drug-likeness (QED) is 0.422. The van der Waals surface area contributed by atoms with E-state index < -0.39 is 17.2 Å². The van der Waals surface area contributed by atoms with Crippen molar-refractivity contribution in [2.75, 3.05) is 12.4 Å². The molecule has 8 nitrogen and oxygen atoms in total. The van der Waals surface area contributed by atoms with E-state index in [0.29, 0.717) is 27.9 Å². The molecule has 170 valence electrons. The number of amides is 1. The van der Waals surface area contributed by atoms with Crippen molar-refractivity contribution >= 4 is 33.7 Å². The van der Waals surface area contributed by atoms with Crippen molar-refractivity contribution in [3.63, 3.8) is 0 Å². The fourth-order valence-electron chi connectivity index (χ4n) is 3.99. The Morgan fingerprint density at radius 3 is 2.50 bits per heavy atom. The number of para-hydroxylation sites is 1. The molecule has 5 aromatic rings. The molecule has 2 heterocycles. The molecular weight excluding hydrogens is 434 g/mol. The topological polar surface area (TPSA) is 95.5 Å². The van der Waals surface area contributed by atoms with Crippen LogP contribution in [0, 0.1) is 0 Å². The van der Waals surface area contributed by atoms with Crippen LogP contribution >= 0.6 is 0 Å². The van der Waals surface area contributed by atoms with E-state index >= 15 is 0 Å². The first kappa shape index (κ1) is 21.3. The van der Waals surface area contributed by atoms with Crippen LogP contribution in [0.25, 0.3) is 22.1 Å². The lowest BCUT2D eigenvalue weighted by Crippen LogP contribution is -2.41. The van der Waals surface area contributed by atoms with E-state index in [4.69, 9.17) is 9.15 Å².